The lowest BCUT2D eigenvalue weighted by Crippen LogP contribution is -2.34. The molecule has 0 aromatic heterocycles. The molecule has 2 rings (SSSR count). The van der Waals surface area contributed by atoms with E-state index in [1.54, 1.807) is 0 Å². The van der Waals surface area contributed by atoms with Crippen molar-refractivity contribution in [1.82, 2.24) is 10.6 Å². The number of carbonyl (C=O) groups is 2. The number of ether oxygens (including phenoxy) is 1. The Kier molecular flexibility index (Phi) is 7.30. The highest BCUT2D eigenvalue weighted by Crippen LogP contribution is 2.20. The molecule has 7 nitrogen and oxygen atoms in total. The van der Waals surface area contributed by atoms with Gasteiger partial charge in [0.2, 0.25) is 5.91 Å². The molecule has 138 valence electrons. The molecule has 7 heteroatoms. The number of carbonyl (C=O) groups excluding carboxylic acids is 2. The number of phenolic OH excluding ortho intramolecular Hbond substituents is 2. The fraction of sp³-hybridized carbons (Fsp3) is 0.263. The van der Waals surface area contributed by atoms with Gasteiger partial charge < -0.3 is 25.6 Å². The quantitative estimate of drug-likeness (QED) is 0.511. The second-order valence-corrected chi connectivity index (χ2v) is 5.61. The predicted molar refractivity (Wildman–Crippen MR) is 96.3 cm³/mol. The van der Waals surface area contributed by atoms with E-state index < -0.39 is 5.91 Å². The Morgan fingerprint density at radius 1 is 0.923 bits per heavy atom. The summed E-state index contributed by atoms with van der Waals surface area (Å²) in [6.45, 7) is 0.978. The largest absolute Gasteiger partial charge is 0.508 e. The summed E-state index contributed by atoms with van der Waals surface area (Å²) < 4.78 is 5.50. The van der Waals surface area contributed by atoms with E-state index in [4.69, 9.17) is 4.74 Å². The van der Waals surface area contributed by atoms with E-state index >= 15 is 0 Å². The molecule has 0 radical (unpaired) electrons. The van der Waals surface area contributed by atoms with Gasteiger partial charge in [-0.25, -0.2) is 0 Å². The Balaban J connectivity index is 1.57. The molecule has 0 aliphatic rings. The molecule has 4 N–H and O–H groups in total. The van der Waals surface area contributed by atoms with Crippen LogP contribution in [0, 0.1) is 0 Å². The fourth-order valence-electron chi connectivity index (χ4n) is 2.23. The molecule has 2 aromatic rings. The summed E-state index contributed by atoms with van der Waals surface area (Å²) in [6, 6.07) is 13.0. The van der Waals surface area contributed by atoms with Crippen LogP contribution in [0.3, 0.4) is 0 Å². The van der Waals surface area contributed by atoms with Crippen LogP contribution in [0.5, 0.6) is 17.2 Å². The van der Waals surface area contributed by atoms with Crippen LogP contribution in [-0.2, 0) is 4.79 Å². The smallest absolute Gasteiger partial charge is 0.251 e. The van der Waals surface area contributed by atoms with E-state index in [0.29, 0.717) is 19.4 Å². The van der Waals surface area contributed by atoms with Crippen LogP contribution < -0.4 is 15.4 Å². The predicted octanol–water partition coefficient (Wildman–Crippen LogP) is 1.80. The van der Waals surface area contributed by atoms with Crippen molar-refractivity contribution in [2.24, 2.45) is 0 Å². The first kappa shape index (κ1) is 19.1. The van der Waals surface area contributed by atoms with Crippen molar-refractivity contribution in [3.05, 3.63) is 54.1 Å². The third-order valence-electron chi connectivity index (χ3n) is 3.46. The van der Waals surface area contributed by atoms with Gasteiger partial charge in [-0.2, -0.15) is 0 Å². The first-order chi connectivity index (χ1) is 12.5. The third kappa shape index (κ3) is 6.72. The number of benzene rings is 2. The van der Waals surface area contributed by atoms with Crippen molar-refractivity contribution in [3.63, 3.8) is 0 Å². The second kappa shape index (κ2) is 9.93. The molecule has 0 unspecified atom stereocenters. The molecule has 0 fully saturated rings. The van der Waals surface area contributed by atoms with Crippen molar-refractivity contribution < 1.29 is 24.5 Å². The van der Waals surface area contributed by atoms with E-state index in [0.717, 1.165) is 11.8 Å². The number of hydrogen-bond donors (Lipinski definition) is 4. The summed E-state index contributed by atoms with van der Waals surface area (Å²) in [5.41, 5.74) is 0.145. The lowest BCUT2D eigenvalue weighted by molar-refractivity contribution is -0.121. The number of amides is 2. The van der Waals surface area contributed by atoms with Crippen LogP contribution in [-0.4, -0.2) is 41.7 Å². The lowest BCUT2D eigenvalue weighted by atomic mass is 10.2. The lowest BCUT2D eigenvalue weighted by Gasteiger charge is -2.08. The first-order valence-corrected chi connectivity index (χ1v) is 8.30. The molecule has 0 aliphatic carbocycles. The van der Waals surface area contributed by atoms with Gasteiger partial charge in [0.1, 0.15) is 17.2 Å². The van der Waals surface area contributed by atoms with Crippen LogP contribution in [0.2, 0.25) is 0 Å². The molecule has 0 atom stereocenters. The van der Waals surface area contributed by atoms with Gasteiger partial charge in [-0.15, -0.1) is 0 Å². The summed E-state index contributed by atoms with van der Waals surface area (Å²) in [6.07, 6.45) is 0.927. The van der Waals surface area contributed by atoms with Crippen molar-refractivity contribution in [1.29, 1.82) is 0 Å². The number of nitrogens with one attached hydrogen (secondary N) is 2. The maximum absolute atomic E-state index is 11.9. The van der Waals surface area contributed by atoms with Gasteiger partial charge in [0, 0.05) is 31.1 Å². The highest BCUT2D eigenvalue weighted by Gasteiger charge is 2.08. The molecule has 0 aliphatic heterocycles. The fourth-order valence-corrected chi connectivity index (χ4v) is 2.23. The zero-order chi connectivity index (χ0) is 18.8. The Bertz CT molecular complexity index is 714. The van der Waals surface area contributed by atoms with Crippen molar-refractivity contribution in [2.45, 2.75) is 12.8 Å². The summed E-state index contributed by atoms with van der Waals surface area (Å²) >= 11 is 0. The molecular formula is C19H22N2O5. The Morgan fingerprint density at radius 2 is 1.58 bits per heavy atom. The standard InChI is InChI=1S/C19H22N2O5/c22-15-11-14(12-16(23)13-15)19(25)21-9-8-20-18(24)7-4-10-26-17-5-2-1-3-6-17/h1-3,5-6,11-13,22-23H,4,7-10H2,(H,20,24)(H,21,25). The molecule has 2 amide bonds. The van der Waals surface area contributed by atoms with E-state index in [1.807, 2.05) is 30.3 Å². The Morgan fingerprint density at radius 3 is 2.27 bits per heavy atom. The minimum absolute atomic E-state index is 0.120. The summed E-state index contributed by atoms with van der Waals surface area (Å²) in [5, 5.41) is 24.0. The van der Waals surface area contributed by atoms with Crippen molar-refractivity contribution in [2.75, 3.05) is 19.7 Å². The zero-order valence-corrected chi connectivity index (χ0v) is 14.3. The minimum atomic E-state index is -0.443. The van der Waals surface area contributed by atoms with Crippen molar-refractivity contribution >= 4 is 11.8 Å². The third-order valence-corrected chi connectivity index (χ3v) is 3.46. The molecule has 2 aromatic carbocycles. The van der Waals surface area contributed by atoms with E-state index in [-0.39, 0.29) is 36.1 Å². The molecule has 26 heavy (non-hydrogen) atoms. The highest BCUT2D eigenvalue weighted by atomic mass is 16.5. The van der Waals surface area contributed by atoms with E-state index in [2.05, 4.69) is 10.6 Å². The topological polar surface area (TPSA) is 108 Å². The number of phenols is 2. The molecule has 0 saturated heterocycles. The van der Waals surface area contributed by atoms with E-state index in [9.17, 15) is 19.8 Å². The zero-order valence-electron chi connectivity index (χ0n) is 14.3. The van der Waals surface area contributed by atoms with Crippen LogP contribution in [0.15, 0.2) is 48.5 Å². The van der Waals surface area contributed by atoms with Gasteiger partial charge in [0.15, 0.2) is 0 Å². The average Bonchev–Trinajstić information content (AvgIpc) is 2.62. The first-order valence-electron chi connectivity index (χ1n) is 8.30. The molecular weight excluding hydrogens is 336 g/mol. The molecule has 0 bridgehead atoms. The average molecular weight is 358 g/mol. The summed E-state index contributed by atoms with van der Waals surface area (Å²) in [4.78, 5) is 23.6. The van der Waals surface area contributed by atoms with Gasteiger partial charge in [0.05, 0.1) is 6.61 Å². The SMILES string of the molecule is O=C(CCCOc1ccccc1)NCCNC(=O)c1cc(O)cc(O)c1. The van der Waals surface area contributed by atoms with Gasteiger partial charge >= 0.3 is 0 Å². The molecule has 0 spiro atoms. The van der Waals surface area contributed by atoms with Gasteiger partial charge in [-0.3, -0.25) is 9.59 Å². The normalized spacial score (nSPS) is 10.2. The van der Waals surface area contributed by atoms with E-state index in [1.165, 1.54) is 12.1 Å². The van der Waals surface area contributed by atoms with Crippen LogP contribution in [0.1, 0.15) is 23.2 Å². The molecule has 0 heterocycles. The van der Waals surface area contributed by atoms with Crippen molar-refractivity contribution in [3.8, 4) is 17.2 Å². The number of para-hydroxylation sites is 1. The number of aromatic hydroxyl groups is 2. The van der Waals surface area contributed by atoms with Crippen LogP contribution in [0.25, 0.3) is 0 Å². The van der Waals surface area contributed by atoms with Crippen LogP contribution in [0.4, 0.5) is 0 Å². The highest BCUT2D eigenvalue weighted by molar-refractivity contribution is 5.95. The monoisotopic (exact) mass is 358 g/mol. The molecule has 0 saturated carbocycles. The van der Waals surface area contributed by atoms with Gasteiger partial charge in [-0.1, -0.05) is 18.2 Å². The second-order valence-electron chi connectivity index (χ2n) is 5.61. The Labute approximate surface area is 151 Å². The minimum Gasteiger partial charge on any atom is -0.508 e. The maximum atomic E-state index is 11.9. The van der Waals surface area contributed by atoms with Crippen LogP contribution >= 0.6 is 0 Å². The number of rotatable bonds is 9. The summed E-state index contributed by atoms with van der Waals surface area (Å²) in [7, 11) is 0. The summed E-state index contributed by atoms with van der Waals surface area (Å²) in [5.74, 6) is -0.177. The van der Waals surface area contributed by atoms with Gasteiger partial charge in [-0.05, 0) is 30.7 Å². The maximum Gasteiger partial charge on any atom is 0.251 e. The number of hydrogen-bond acceptors (Lipinski definition) is 5. The van der Waals surface area contributed by atoms with Gasteiger partial charge in [0.25, 0.3) is 5.91 Å². The Hall–Kier alpha value is -3.22.